The predicted molar refractivity (Wildman–Crippen MR) is 153 cm³/mol. The molecule has 2 aromatic heterocycles. The first-order valence-corrected chi connectivity index (χ1v) is 16.5. The van der Waals surface area contributed by atoms with Gasteiger partial charge in [-0.25, -0.2) is 4.79 Å². The van der Waals surface area contributed by atoms with Crippen molar-refractivity contribution in [3.63, 3.8) is 0 Å². The highest BCUT2D eigenvalue weighted by atomic mass is 32.2. The molecule has 1 N–H and O–H groups in total. The van der Waals surface area contributed by atoms with E-state index in [1.54, 1.807) is 12.1 Å². The number of likely N-dealkylation sites (N-methyl/N-ethyl adjacent to an activating group) is 1. The Morgan fingerprint density at radius 1 is 1.00 bits per heavy atom. The maximum absolute atomic E-state index is 13.2. The van der Waals surface area contributed by atoms with Crippen molar-refractivity contribution >= 4 is 38.8 Å². The average Bonchev–Trinajstić information content (AvgIpc) is 3.64. The van der Waals surface area contributed by atoms with Crippen LogP contribution in [-0.4, -0.2) is 69.6 Å². The molecule has 1 aliphatic carbocycles. The van der Waals surface area contributed by atoms with Gasteiger partial charge < -0.3 is 19.5 Å². The molecule has 3 aromatic rings. The van der Waals surface area contributed by atoms with Crippen LogP contribution in [-0.2, 0) is 35.9 Å². The number of hydrogen-bond acceptors (Lipinski definition) is 10. The number of aliphatic hydroxyl groups is 1. The number of nitrogens with zero attached hydrogens (tertiary/aromatic N) is 1. The number of thiophene rings is 2. The third-order valence-corrected chi connectivity index (χ3v) is 9.47. The Kier molecular flexibility index (Phi) is 10.2. The van der Waals surface area contributed by atoms with Crippen LogP contribution in [0.5, 0.6) is 5.75 Å². The molecule has 0 bridgehead atoms. The molecule has 2 heterocycles. The van der Waals surface area contributed by atoms with Crippen LogP contribution in [0.25, 0.3) is 0 Å². The van der Waals surface area contributed by atoms with E-state index >= 15 is 0 Å². The lowest BCUT2D eigenvalue weighted by Gasteiger charge is -2.35. The van der Waals surface area contributed by atoms with Gasteiger partial charge in [0.2, 0.25) is 5.60 Å². The molecule has 0 aliphatic heterocycles. The van der Waals surface area contributed by atoms with Crippen molar-refractivity contribution < 1.29 is 32.0 Å². The molecule has 212 valence electrons. The Hall–Kier alpha value is -2.28. The molecule has 4 rings (SSSR count). The molecular formula is C28H35NO7S3. The number of carbonyl (C=O) groups excluding carboxylic acids is 1. The predicted octanol–water partition coefficient (Wildman–Crippen LogP) is 4.43. The average molecular weight is 594 g/mol. The number of benzene rings is 1. The topological polar surface area (TPSA) is 102 Å². The van der Waals surface area contributed by atoms with Crippen molar-refractivity contribution in [1.29, 1.82) is 0 Å². The van der Waals surface area contributed by atoms with E-state index < -0.39 is 21.7 Å². The SMILES string of the molecule is CN(CCOc1ccc(CCOS(C)(=O)=O)cc1)[C@H]1CC[C@H](OC(=O)C(O)(c2cccs2)c2cccs2)CC1. The molecule has 11 heteroatoms. The molecule has 1 aliphatic rings. The summed E-state index contributed by atoms with van der Waals surface area (Å²) in [6.07, 6.45) is 4.63. The first kappa shape index (κ1) is 29.7. The van der Waals surface area contributed by atoms with Gasteiger partial charge in [-0.15, -0.1) is 22.7 Å². The lowest BCUT2D eigenvalue weighted by molar-refractivity contribution is -0.169. The third kappa shape index (κ3) is 8.12. The summed E-state index contributed by atoms with van der Waals surface area (Å²) in [5.41, 5.74) is -0.792. The van der Waals surface area contributed by atoms with Gasteiger partial charge in [0.25, 0.3) is 10.1 Å². The third-order valence-electron chi connectivity index (χ3n) is 6.92. The Morgan fingerprint density at radius 2 is 1.62 bits per heavy atom. The van der Waals surface area contributed by atoms with Gasteiger partial charge in [-0.1, -0.05) is 24.3 Å². The number of esters is 1. The van der Waals surface area contributed by atoms with Crippen molar-refractivity contribution in [3.8, 4) is 5.75 Å². The van der Waals surface area contributed by atoms with Crippen molar-refractivity contribution in [2.24, 2.45) is 0 Å². The molecular weight excluding hydrogens is 559 g/mol. The second kappa shape index (κ2) is 13.4. The second-order valence-electron chi connectivity index (χ2n) is 9.75. The van der Waals surface area contributed by atoms with Gasteiger partial charge in [-0.05, 0) is 79.7 Å². The number of hydrogen-bond donors (Lipinski definition) is 1. The highest BCUT2D eigenvalue weighted by Gasteiger charge is 2.45. The van der Waals surface area contributed by atoms with E-state index in [-0.39, 0.29) is 12.7 Å². The summed E-state index contributed by atoms with van der Waals surface area (Å²) in [4.78, 5) is 16.6. The summed E-state index contributed by atoms with van der Waals surface area (Å²) in [7, 11) is -1.34. The molecule has 0 amide bonds. The molecule has 39 heavy (non-hydrogen) atoms. The van der Waals surface area contributed by atoms with Crippen molar-refractivity contribution in [2.75, 3.05) is 33.1 Å². The van der Waals surface area contributed by atoms with Crippen LogP contribution in [0.3, 0.4) is 0 Å². The smallest absolute Gasteiger partial charge is 0.349 e. The summed E-state index contributed by atoms with van der Waals surface area (Å²) in [6, 6.07) is 15.1. The zero-order chi connectivity index (χ0) is 27.9. The molecule has 0 radical (unpaired) electrons. The number of ether oxygens (including phenoxy) is 2. The minimum Gasteiger partial charge on any atom is -0.492 e. The van der Waals surface area contributed by atoms with Crippen LogP contribution >= 0.6 is 22.7 Å². The minimum atomic E-state index is -3.42. The van der Waals surface area contributed by atoms with E-state index in [4.69, 9.17) is 13.7 Å². The van der Waals surface area contributed by atoms with E-state index in [2.05, 4.69) is 11.9 Å². The fraction of sp³-hybridized carbons (Fsp3) is 0.464. The van der Waals surface area contributed by atoms with E-state index in [0.717, 1.165) is 49.8 Å². The Morgan fingerprint density at radius 3 is 2.15 bits per heavy atom. The zero-order valence-electron chi connectivity index (χ0n) is 22.2. The Labute approximate surface area is 238 Å². The molecule has 1 fully saturated rings. The van der Waals surface area contributed by atoms with E-state index in [1.165, 1.54) is 22.7 Å². The summed E-state index contributed by atoms with van der Waals surface area (Å²) < 4.78 is 38.7. The van der Waals surface area contributed by atoms with E-state index in [1.807, 2.05) is 47.2 Å². The zero-order valence-corrected chi connectivity index (χ0v) is 24.6. The van der Waals surface area contributed by atoms with Gasteiger partial charge >= 0.3 is 5.97 Å². The molecule has 8 nitrogen and oxygen atoms in total. The first-order valence-electron chi connectivity index (χ1n) is 12.9. The van der Waals surface area contributed by atoms with Crippen LogP contribution in [0, 0.1) is 0 Å². The number of rotatable bonds is 13. The van der Waals surface area contributed by atoms with Crippen molar-refractivity contribution in [2.45, 2.75) is 49.9 Å². The molecule has 0 spiro atoms. The van der Waals surface area contributed by atoms with Gasteiger partial charge in [0.15, 0.2) is 0 Å². The summed E-state index contributed by atoms with van der Waals surface area (Å²) in [5.74, 6) is 0.155. The van der Waals surface area contributed by atoms with Crippen LogP contribution in [0.1, 0.15) is 41.0 Å². The summed E-state index contributed by atoms with van der Waals surface area (Å²) >= 11 is 2.69. The quantitative estimate of drug-likeness (QED) is 0.230. The first-order chi connectivity index (χ1) is 18.6. The normalized spacial score (nSPS) is 18.3. The molecule has 0 unspecified atom stereocenters. The standard InChI is InChI=1S/C28H35NO7S3/c1-29(16-18-34-23-11-7-21(8-12-23)15-17-35-39(2,32)33)22-9-13-24(14-10-22)36-27(30)28(31,25-5-3-19-37-25)26-6-4-20-38-26/h3-8,11-12,19-20,22,24,31H,9-10,13-18H2,1-2H3/t22-,24-. The summed E-state index contributed by atoms with van der Waals surface area (Å²) in [5, 5.41) is 15.1. The van der Waals surface area contributed by atoms with E-state index in [0.29, 0.717) is 28.8 Å². The van der Waals surface area contributed by atoms with Crippen molar-refractivity contribution in [1.82, 2.24) is 4.90 Å². The minimum absolute atomic E-state index is 0.120. The van der Waals surface area contributed by atoms with Gasteiger partial charge in [0, 0.05) is 12.6 Å². The molecule has 1 aromatic carbocycles. The fourth-order valence-electron chi connectivity index (χ4n) is 4.69. The fourth-order valence-corrected chi connectivity index (χ4v) is 6.79. The maximum atomic E-state index is 13.2. The highest BCUT2D eigenvalue weighted by molar-refractivity contribution is 7.85. The lowest BCUT2D eigenvalue weighted by Crippen LogP contribution is -2.42. The Balaban J connectivity index is 1.19. The van der Waals surface area contributed by atoms with Crippen LogP contribution in [0.15, 0.2) is 59.3 Å². The second-order valence-corrected chi connectivity index (χ2v) is 13.3. The van der Waals surface area contributed by atoms with Crippen LogP contribution in [0.2, 0.25) is 0 Å². The van der Waals surface area contributed by atoms with Gasteiger partial charge in [0.05, 0.1) is 22.6 Å². The van der Waals surface area contributed by atoms with Crippen LogP contribution in [0.4, 0.5) is 0 Å². The maximum Gasteiger partial charge on any atom is 0.349 e. The monoisotopic (exact) mass is 593 g/mol. The Bertz CT molecular complexity index is 1230. The van der Waals surface area contributed by atoms with E-state index in [9.17, 15) is 18.3 Å². The van der Waals surface area contributed by atoms with Crippen molar-refractivity contribution in [3.05, 3.63) is 74.6 Å². The lowest BCUT2D eigenvalue weighted by atomic mass is 9.91. The summed E-state index contributed by atoms with van der Waals surface area (Å²) in [6.45, 7) is 1.42. The molecule has 0 atom stereocenters. The van der Waals surface area contributed by atoms with Gasteiger partial charge in [-0.2, -0.15) is 8.42 Å². The number of carbonyl (C=O) groups is 1. The molecule has 1 saturated carbocycles. The van der Waals surface area contributed by atoms with Gasteiger partial charge in [0.1, 0.15) is 18.5 Å². The largest absolute Gasteiger partial charge is 0.492 e. The van der Waals surface area contributed by atoms with Crippen LogP contribution < -0.4 is 4.74 Å². The van der Waals surface area contributed by atoms with Gasteiger partial charge in [-0.3, -0.25) is 4.18 Å². The highest BCUT2D eigenvalue weighted by Crippen LogP contribution is 2.38. The molecule has 0 saturated heterocycles.